The Labute approximate surface area is 122 Å². The standard InChI is InChI=1S/C18H26O2/c1-12(2)15-10-9-13(3)11-17(15)20-18(19)16-8-6-5-7-14(16)4/h5-8,12-13,15,17H,9-11H2,1-4H3/t13-,15+,17+/m1/s1. The fraction of sp³-hybridized carbons (Fsp3) is 0.611. The zero-order valence-electron chi connectivity index (χ0n) is 13.1. The summed E-state index contributed by atoms with van der Waals surface area (Å²) in [5.41, 5.74) is 1.69. The highest BCUT2D eigenvalue weighted by Gasteiger charge is 2.33. The minimum Gasteiger partial charge on any atom is -0.458 e. The quantitative estimate of drug-likeness (QED) is 0.752. The number of carbonyl (C=O) groups is 1. The Morgan fingerprint density at radius 1 is 1.25 bits per heavy atom. The number of hydrogen-bond acceptors (Lipinski definition) is 2. The SMILES string of the molecule is Cc1ccccc1C(=O)O[C@H]1C[C@H](C)CC[C@H]1C(C)C. The molecule has 3 atom stereocenters. The topological polar surface area (TPSA) is 26.3 Å². The molecule has 0 aliphatic heterocycles. The van der Waals surface area contributed by atoms with Crippen LogP contribution in [-0.2, 0) is 4.74 Å². The molecule has 0 aromatic heterocycles. The van der Waals surface area contributed by atoms with Gasteiger partial charge in [-0.2, -0.15) is 0 Å². The summed E-state index contributed by atoms with van der Waals surface area (Å²) in [6, 6.07) is 7.66. The van der Waals surface area contributed by atoms with Gasteiger partial charge in [0.15, 0.2) is 0 Å². The van der Waals surface area contributed by atoms with Crippen LogP contribution < -0.4 is 0 Å². The summed E-state index contributed by atoms with van der Waals surface area (Å²) in [5, 5.41) is 0. The van der Waals surface area contributed by atoms with Gasteiger partial charge in [0.05, 0.1) is 5.56 Å². The minimum atomic E-state index is -0.159. The van der Waals surface area contributed by atoms with Crippen molar-refractivity contribution in [3.8, 4) is 0 Å². The lowest BCUT2D eigenvalue weighted by Crippen LogP contribution is -2.36. The fourth-order valence-electron chi connectivity index (χ4n) is 3.25. The Morgan fingerprint density at radius 2 is 1.95 bits per heavy atom. The molecule has 0 spiro atoms. The van der Waals surface area contributed by atoms with Crippen LogP contribution in [-0.4, -0.2) is 12.1 Å². The third-order valence-corrected chi connectivity index (χ3v) is 4.58. The van der Waals surface area contributed by atoms with E-state index >= 15 is 0 Å². The molecule has 1 fully saturated rings. The van der Waals surface area contributed by atoms with Gasteiger partial charge in [-0.1, -0.05) is 45.4 Å². The number of rotatable bonds is 3. The summed E-state index contributed by atoms with van der Waals surface area (Å²) in [6.45, 7) is 8.68. The Balaban J connectivity index is 2.10. The van der Waals surface area contributed by atoms with Crippen LogP contribution in [0.5, 0.6) is 0 Å². The third kappa shape index (κ3) is 3.41. The molecule has 1 aromatic rings. The average Bonchev–Trinajstić information content (AvgIpc) is 2.38. The molecule has 0 unspecified atom stereocenters. The molecule has 1 aromatic carbocycles. The normalized spacial score (nSPS) is 26.6. The number of esters is 1. The van der Waals surface area contributed by atoms with Crippen molar-refractivity contribution in [2.45, 2.75) is 53.1 Å². The van der Waals surface area contributed by atoms with Crippen LogP contribution >= 0.6 is 0 Å². The van der Waals surface area contributed by atoms with Gasteiger partial charge in [0.1, 0.15) is 6.10 Å². The molecule has 1 aliphatic carbocycles. The van der Waals surface area contributed by atoms with E-state index in [1.165, 1.54) is 12.8 Å². The van der Waals surface area contributed by atoms with Crippen molar-refractivity contribution in [3.05, 3.63) is 35.4 Å². The van der Waals surface area contributed by atoms with Gasteiger partial charge in [-0.25, -0.2) is 4.79 Å². The van der Waals surface area contributed by atoms with E-state index < -0.39 is 0 Å². The summed E-state index contributed by atoms with van der Waals surface area (Å²) in [6.07, 6.45) is 3.50. The maximum atomic E-state index is 12.4. The van der Waals surface area contributed by atoms with E-state index in [-0.39, 0.29) is 12.1 Å². The lowest BCUT2D eigenvalue weighted by atomic mass is 9.75. The molecule has 110 valence electrons. The van der Waals surface area contributed by atoms with Crippen LogP contribution in [0.15, 0.2) is 24.3 Å². The first kappa shape index (κ1) is 15.1. The molecule has 0 amide bonds. The van der Waals surface area contributed by atoms with Crippen LogP contribution in [0.25, 0.3) is 0 Å². The first-order valence-electron chi connectivity index (χ1n) is 7.75. The van der Waals surface area contributed by atoms with Crippen molar-refractivity contribution in [2.24, 2.45) is 17.8 Å². The molecule has 2 nitrogen and oxygen atoms in total. The first-order chi connectivity index (χ1) is 9.49. The lowest BCUT2D eigenvalue weighted by molar-refractivity contribution is -0.0174. The van der Waals surface area contributed by atoms with Crippen LogP contribution in [0.1, 0.15) is 56.0 Å². The lowest BCUT2D eigenvalue weighted by Gasteiger charge is -2.36. The van der Waals surface area contributed by atoms with Gasteiger partial charge in [-0.15, -0.1) is 0 Å². The van der Waals surface area contributed by atoms with E-state index in [4.69, 9.17) is 4.74 Å². The Morgan fingerprint density at radius 3 is 2.60 bits per heavy atom. The van der Waals surface area contributed by atoms with Crippen LogP contribution in [0, 0.1) is 24.7 Å². The van der Waals surface area contributed by atoms with Crippen molar-refractivity contribution in [1.29, 1.82) is 0 Å². The van der Waals surface area contributed by atoms with Crippen molar-refractivity contribution >= 4 is 5.97 Å². The molecule has 0 saturated heterocycles. The fourth-order valence-corrected chi connectivity index (χ4v) is 3.25. The number of aryl methyl sites for hydroxylation is 1. The van der Waals surface area contributed by atoms with E-state index in [0.29, 0.717) is 23.3 Å². The summed E-state index contributed by atoms with van der Waals surface area (Å²) in [7, 11) is 0. The Bertz CT molecular complexity index is 464. The monoisotopic (exact) mass is 274 g/mol. The molecular formula is C18H26O2. The zero-order valence-corrected chi connectivity index (χ0v) is 13.1. The molecule has 1 saturated carbocycles. The van der Waals surface area contributed by atoms with Crippen molar-refractivity contribution < 1.29 is 9.53 Å². The van der Waals surface area contributed by atoms with Crippen molar-refractivity contribution in [3.63, 3.8) is 0 Å². The molecule has 0 N–H and O–H groups in total. The van der Waals surface area contributed by atoms with Gasteiger partial charge in [-0.05, 0) is 49.1 Å². The molecule has 0 heterocycles. The molecule has 2 rings (SSSR count). The highest BCUT2D eigenvalue weighted by atomic mass is 16.5. The number of hydrogen-bond donors (Lipinski definition) is 0. The Kier molecular flexibility index (Phi) is 4.85. The van der Waals surface area contributed by atoms with Crippen LogP contribution in [0.4, 0.5) is 0 Å². The Hall–Kier alpha value is -1.31. The number of benzene rings is 1. The highest BCUT2D eigenvalue weighted by Crippen LogP contribution is 2.35. The molecule has 20 heavy (non-hydrogen) atoms. The van der Waals surface area contributed by atoms with E-state index in [2.05, 4.69) is 20.8 Å². The number of carbonyl (C=O) groups excluding carboxylic acids is 1. The van der Waals surface area contributed by atoms with Gasteiger partial charge < -0.3 is 4.74 Å². The van der Waals surface area contributed by atoms with E-state index in [0.717, 1.165) is 12.0 Å². The van der Waals surface area contributed by atoms with Crippen molar-refractivity contribution in [2.75, 3.05) is 0 Å². The van der Waals surface area contributed by atoms with E-state index in [1.807, 2.05) is 31.2 Å². The second-order valence-electron chi connectivity index (χ2n) is 6.58. The molecular weight excluding hydrogens is 248 g/mol. The van der Waals surface area contributed by atoms with Gasteiger partial charge in [0.2, 0.25) is 0 Å². The predicted molar refractivity (Wildman–Crippen MR) is 81.7 cm³/mol. The average molecular weight is 274 g/mol. The predicted octanol–water partition coefficient (Wildman–Crippen LogP) is 4.61. The van der Waals surface area contributed by atoms with Gasteiger partial charge in [0.25, 0.3) is 0 Å². The summed E-state index contributed by atoms with van der Waals surface area (Å²) in [5.74, 6) is 1.56. The van der Waals surface area contributed by atoms with Crippen LogP contribution in [0.3, 0.4) is 0 Å². The van der Waals surface area contributed by atoms with Crippen LogP contribution in [0.2, 0.25) is 0 Å². The zero-order chi connectivity index (χ0) is 14.7. The van der Waals surface area contributed by atoms with Gasteiger partial charge in [0, 0.05) is 0 Å². The highest BCUT2D eigenvalue weighted by molar-refractivity contribution is 5.91. The molecule has 0 radical (unpaired) electrons. The maximum Gasteiger partial charge on any atom is 0.338 e. The maximum absolute atomic E-state index is 12.4. The van der Waals surface area contributed by atoms with Gasteiger partial charge in [-0.3, -0.25) is 0 Å². The second kappa shape index (κ2) is 6.43. The molecule has 0 bridgehead atoms. The third-order valence-electron chi connectivity index (χ3n) is 4.58. The minimum absolute atomic E-state index is 0.0749. The summed E-state index contributed by atoms with van der Waals surface area (Å²) < 4.78 is 5.86. The summed E-state index contributed by atoms with van der Waals surface area (Å²) >= 11 is 0. The van der Waals surface area contributed by atoms with Gasteiger partial charge >= 0.3 is 5.97 Å². The first-order valence-corrected chi connectivity index (χ1v) is 7.75. The molecule has 1 aliphatic rings. The van der Waals surface area contributed by atoms with E-state index in [9.17, 15) is 4.79 Å². The number of ether oxygens (including phenoxy) is 1. The smallest absolute Gasteiger partial charge is 0.338 e. The van der Waals surface area contributed by atoms with E-state index in [1.54, 1.807) is 0 Å². The summed E-state index contributed by atoms with van der Waals surface area (Å²) in [4.78, 5) is 12.4. The second-order valence-corrected chi connectivity index (χ2v) is 6.58. The molecule has 2 heteroatoms. The largest absolute Gasteiger partial charge is 0.458 e. The van der Waals surface area contributed by atoms with Crippen molar-refractivity contribution in [1.82, 2.24) is 0 Å².